The highest BCUT2D eigenvalue weighted by Gasteiger charge is 2.38. The summed E-state index contributed by atoms with van der Waals surface area (Å²) in [6, 6.07) is 3.70. The van der Waals surface area contributed by atoms with Crippen LogP contribution in [0.3, 0.4) is 0 Å². The first kappa shape index (κ1) is 14.0. The summed E-state index contributed by atoms with van der Waals surface area (Å²) in [5.41, 5.74) is 6.27. The van der Waals surface area contributed by atoms with E-state index >= 15 is 0 Å². The molecule has 0 aromatic carbocycles. The topological polar surface area (TPSA) is 59.2 Å². The van der Waals surface area contributed by atoms with Crippen LogP contribution in [-0.2, 0) is 0 Å². The second-order valence-corrected chi connectivity index (χ2v) is 5.99. The van der Waals surface area contributed by atoms with Gasteiger partial charge in [0.1, 0.15) is 5.82 Å². The number of hydrogen-bond donors (Lipinski definition) is 1. The molecule has 0 aliphatic heterocycles. The quantitative estimate of drug-likeness (QED) is 0.848. The molecule has 1 saturated carbocycles. The van der Waals surface area contributed by atoms with Crippen molar-refractivity contribution >= 4 is 11.6 Å². The van der Waals surface area contributed by atoms with E-state index in [4.69, 9.17) is 5.73 Å². The van der Waals surface area contributed by atoms with Gasteiger partial charge in [-0.15, -0.1) is 0 Å². The number of nitrogens with zero attached hydrogens (tertiary/aromatic N) is 2. The van der Waals surface area contributed by atoms with E-state index < -0.39 is 5.54 Å². The second-order valence-electron chi connectivity index (χ2n) is 5.99. The lowest BCUT2D eigenvalue weighted by Crippen LogP contribution is -2.51. The molecule has 1 aliphatic carbocycles. The maximum Gasteiger partial charge on any atom is 0.184 e. The van der Waals surface area contributed by atoms with Gasteiger partial charge in [0, 0.05) is 25.9 Å². The summed E-state index contributed by atoms with van der Waals surface area (Å²) in [5.74, 6) is 1.41. The normalized spacial score (nSPS) is 27.1. The number of carbonyl (C=O) groups excluding carboxylic acids is 1. The maximum absolute atomic E-state index is 12.6. The number of nitrogens with two attached hydrogens (primary N) is 1. The fraction of sp³-hybridized carbons (Fsp3) is 0.600. The number of anilines is 1. The molecule has 0 amide bonds. The van der Waals surface area contributed by atoms with E-state index in [2.05, 4.69) is 11.9 Å². The van der Waals surface area contributed by atoms with Gasteiger partial charge in [-0.1, -0.05) is 19.8 Å². The molecule has 2 rings (SSSR count). The van der Waals surface area contributed by atoms with Gasteiger partial charge in [-0.3, -0.25) is 4.79 Å². The molecule has 19 heavy (non-hydrogen) atoms. The van der Waals surface area contributed by atoms with Crippen LogP contribution in [0.15, 0.2) is 18.3 Å². The van der Waals surface area contributed by atoms with Crippen molar-refractivity contribution in [3.63, 3.8) is 0 Å². The van der Waals surface area contributed by atoms with Gasteiger partial charge in [0.05, 0.1) is 5.54 Å². The summed E-state index contributed by atoms with van der Waals surface area (Å²) in [5, 5.41) is 0. The summed E-state index contributed by atoms with van der Waals surface area (Å²) in [6.45, 7) is 2.17. The number of aromatic nitrogens is 1. The van der Waals surface area contributed by atoms with Crippen LogP contribution in [0.25, 0.3) is 0 Å². The lowest BCUT2D eigenvalue weighted by atomic mass is 9.73. The Morgan fingerprint density at radius 1 is 1.47 bits per heavy atom. The highest BCUT2D eigenvalue weighted by Crippen LogP contribution is 2.32. The van der Waals surface area contributed by atoms with Crippen LogP contribution >= 0.6 is 0 Å². The summed E-state index contributed by atoms with van der Waals surface area (Å²) in [6.07, 6.45) is 5.41. The molecule has 0 saturated heterocycles. The van der Waals surface area contributed by atoms with Crippen LogP contribution in [0.1, 0.15) is 43.0 Å². The lowest BCUT2D eigenvalue weighted by molar-refractivity contribution is 0.0819. The van der Waals surface area contributed by atoms with Gasteiger partial charge in [-0.05, 0) is 30.9 Å². The molecule has 1 aromatic rings. The van der Waals surface area contributed by atoms with Crippen molar-refractivity contribution in [1.82, 2.24) is 4.98 Å². The van der Waals surface area contributed by atoms with Crippen LogP contribution in [0.4, 0.5) is 5.82 Å². The Kier molecular flexibility index (Phi) is 3.90. The molecule has 2 unspecified atom stereocenters. The minimum Gasteiger partial charge on any atom is -0.363 e. The number of Topliss-reactive ketones (excluding diaryl/α,β-unsaturated/α-hetero) is 1. The fourth-order valence-corrected chi connectivity index (χ4v) is 2.87. The minimum absolute atomic E-state index is 0.0388. The number of carbonyl (C=O) groups is 1. The van der Waals surface area contributed by atoms with E-state index in [-0.39, 0.29) is 5.78 Å². The maximum atomic E-state index is 12.6. The zero-order valence-corrected chi connectivity index (χ0v) is 12.0. The predicted octanol–water partition coefficient (Wildman–Crippen LogP) is 2.24. The van der Waals surface area contributed by atoms with Gasteiger partial charge in [-0.25, -0.2) is 4.98 Å². The Balaban J connectivity index is 2.18. The Bertz CT molecular complexity index is 455. The van der Waals surface area contributed by atoms with Gasteiger partial charge in [-0.2, -0.15) is 0 Å². The number of hydrogen-bond acceptors (Lipinski definition) is 4. The van der Waals surface area contributed by atoms with Crippen LogP contribution in [0.2, 0.25) is 0 Å². The van der Waals surface area contributed by atoms with Crippen LogP contribution in [0.5, 0.6) is 0 Å². The van der Waals surface area contributed by atoms with E-state index in [1.807, 2.05) is 31.1 Å². The molecule has 2 atom stereocenters. The third-order valence-electron chi connectivity index (χ3n) is 3.95. The summed E-state index contributed by atoms with van der Waals surface area (Å²) in [7, 11) is 3.86. The molecular formula is C15H23N3O. The van der Waals surface area contributed by atoms with Crippen LogP contribution in [-0.4, -0.2) is 30.4 Å². The molecular weight excluding hydrogens is 238 g/mol. The summed E-state index contributed by atoms with van der Waals surface area (Å²) < 4.78 is 0. The lowest BCUT2D eigenvalue weighted by Gasteiger charge is -2.35. The summed E-state index contributed by atoms with van der Waals surface area (Å²) >= 11 is 0. The first-order valence-electron chi connectivity index (χ1n) is 6.89. The van der Waals surface area contributed by atoms with Crippen molar-refractivity contribution in [2.75, 3.05) is 19.0 Å². The molecule has 0 radical (unpaired) electrons. The Hall–Kier alpha value is -1.42. The molecule has 4 heteroatoms. The number of rotatable bonds is 3. The predicted molar refractivity (Wildman–Crippen MR) is 77.4 cm³/mol. The third kappa shape index (κ3) is 2.95. The molecule has 1 fully saturated rings. The van der Waals surface area contributed by atoms with E-state index in [9.17, 15) is 4.79 Å². The van der Waals surface area contributed by atoms with Gasteiger partial charge < -0.3 is 10.6 Å². The van der Waals surface area contributed by atoms with Crippen LogP contribution in [0, 0.1) is 5.92 Å². The average Bonchev–Trinajstić information content (AvgIpc) is 2.37. The second kappa shape index (κ2) is 5.29. The van der Waals surface area contributed by atoms with Crippen molar-refractivity contribution < 1.29 is 4.79 Å². The average molecular weight is 261 g/mol. The zero-order valence-electron chi connectivity index (χ0n) is 12.0. The smallest absolute Gasteiger partial charge is 0.184 e. The molecule has 1 aromatic heterocycles. The van der Waals surface area contributed by atoms with E-state index in [1.165, 1.54) is 6.42 Å². The van der Waals surface area contributed by atoms with Crippen molar-refractivity contribution in [3.8, 4) is 0 Å². The summed E-state index contributed by atoms with van der Waals surface area (Å²) in [4.78, 5) is 18.8. The SMILES string of the molecule is CC1CCCC(N)(C(=O)c2ccc(N(C)C)nc2)C1. The number of ketones is 1. The molecule has 2 N–H and O–H groups in total. The van der Waals surface area contributed by atoms with Crippen molar-refractivity contribution in [2.45, 2.75) is 38.1 Å². The monoisotopic (exact) mass is 261 g/mol. The fourth-order valence-electron chi connectivity index (χ4n) is 2.87. The molecule has 1 heterocycles. The van der Waals surface area contributed by atoms with Crippen molar-refractivity contribution in [2.24, 2.45) is 11.7 Å². The van der Waals surface area contributed by atoms with Gasteiger partial charge in [0.25, 0.3) is 0 Å². The van der Waals surface area contributed by atoms with E-state index in [1.54, 1.807) is 6.20 Å². The van der Waals surface area contributed by atoms with E-state index in [0.717, 1.165) is 25.1 Å². The first-order chi connectivity index (χ1) is 8.92. The molecule has 0 spiro atoms. The molecule has 104 valence electrons. The van der Waals surface area contributed by atoms with Crippen molar-refractivity contribution in [1.29, 1.82) is 0 Å². The Morgan fingerprint density at radius 3 is 2.74 bits per heavy atom. The van der Waals surface area contributed by atoms with E-state index in [0.29, 0.717) is 11.5 Å². The van der Waals surface area contributed by atoms with Crippen LogP contribution < -0.4 is 10.6 Å². The molecule has 0 bridgehead atoms. The highest BCUT2D eigenvalue weighted by molar-refractivity contribution is 6.03. The zero-order chi connectivity index (χ0) is 14.0. The Morgan fingerprint density at radius 2 is 2.21 bits per heavy atom. The standard InChI is InChI=1S/C15H23N3O/c1-11-5-4-8-15(16,9-11)14(19)12-6-7-13(17-10-12)18(2)3/h6-7,10-11H,4-5,8-9,16H2,1-3H3. The Labute approximate surface area is 115 Å². The first-order valence-corrected chi connectivity index (χ1v) is 6.89. The minimum atomic E-state index is -0.695. The highest BCUT2D eigenvalue weighted by atomic mass is 16.1. The molecule has 1 aliphatic rings. The van der Waals surface area contributed by atoms with Gasteiger partial charge >= 0.3 is 0 Å². The van der Waals surface area contributed by atoms with Crippen molar-refractivity contribution in [3.05, 3.63) is 23.9 Å². The number of pyridine rings is 1. The largest absolute Gasteiger partial charge is 0.363 e. The van der Waals surface area contributed by atoms with Gasteiger partial charge in [0.2, 0.25) is 0 Å². The third-order valence-corrected chi connectivity index (χ3v) is 3.95. The molecule has 4 nitrogen and oxygen atoms in total. The van der Waals surface area contributed by atoms with Gasteiger partial charge in [0.15, 0.2) is 5.78 Å².